The number of carbonyl (C=O) groups excluding carboxylic acids is 1. The highest BCUT2D eigenvalue weighted by molar-refractivity contribution is 7.22. The van der Waals surface area contributed by atoms with E-state index >= 15 is 0 Å². The van der Waals surface area contributed by atoms with Gasteiger partial charge in [-0.05, 0) is 62.8 Å². The van der Waals surface area contributed by atoms with Gasteiger partial charge in [0.05, 0.1) is 17.4 Å². The molecule has 2 aromatic carbocycles. The van der Waals surface area contributed by atoms with Crippen LogP contribution in [-0.2, 0) is 16.1 Å². The van der Waals surface area contributed by atoms with Crippen molar-refractivity contribution >= 4 is 38.6 Å². The molecular weight excluding hydrogens is 632 g/mol. The van der Waals surface area contributed by atoms with Gasteiger partial charge in [-0.1, -0.05) is 28.6 Å². The van der Waals surface area contributed by atoms with Crippen molar-refractivity contribution in [2.24, 2.45) is 0 Å². The van der Waals surface area contributed by atoms with Gasteiger partial charge in [0, 0.05) is 34.7 Å². The first kappa shape index (κ1) is 30.4. The number of thiazole rings is 1. The number of carbonyl (C=O) groups is 2. The molecule has 1 aliphatic carbocycles. The summed E-state index contributed by atoms with van der Waals surface area (Å²) in [5.41, 5.74) is 1.24. The molecule has 4 heterocycles. The SMILES string of the molecule is O=C(O)CNC(=O)c1cc(F)c2nc(N3C4CCC3CC(OCc3c(-c5ccccc5OC(F)(F)F)noc3C3CC3)C4)sc2c1. The zero-order valence-corrected chi connectivity index (χ0v) is 25.0. The number of carboxylic acids is 1. The minimum atomic E-state index is -4.86. The van der Waals surface area contributed by atoms with Crippen LogP contribution in [0.2, 0.25) is 0 Å². The number of benzene rings is 2. The number of aliphatic carboxylic acids is 1. The Morgan fingerprint density at radius 1 is 1.11 bits per heavy atom. The Labute approximate surface area is 263 Å². The Balaban J connectivity index is 1.07. The van der Waals surface area contributed by atoms with E-state index in [9.17, 15) is 27.2 Å². The number of amides is 1. The topological polar surface area (TPSA) is 127 Å². The van der Waals surface area contributed by atoms with Crippen LogP contribution in [0, 0.1) is 5.82 Å². The fraction of sp³-hybridized carbons (Fsp3) is 0.419. The van der Waals surface area contributed by atoms with Gasteiger partial charge in [-0.15, -0.1) is 13.2 Å². The van der Waals surface area contributed by atoms with E-state index in [2.05, 4.69) is 25.1 Å². The number of rotatable bonds is 10. The molecule has 4 aromatic rings. The minimum Gasteiger partial charge on any atom is -0.480 e. The smallest absolute Gasteiger partial charge is 0.480 e. The number of nitrogens with one attached hydrogen (secondary N) is 1. The van der Waals surface area contributed by atoms with Crippen LogP contribution < -0.4 is 15.0 Å². The van der Waals surface area contributed by atoms with E-state index in [-0.39, 0.29) is 58.8 Å². The molecule has 7 rings (SSSR count). The summed E-state index contributed by atoms with van der Waals surface area (Å²) in [6.45, 7) is -0.457. The van der Waals surface area contributed by atoms with Crippen LogP contribution in [0.1, 0.15) is 66.1 Å². The highest BCUT2D eigenvalue weighted by Crippen LogP contribution is 2.47. The summed E-state index contributed by atoms with van der Waals surface area (Å²) >= 11 is 1.28. The number of piperidine rings is 1. The number of aromatic nitrogens is 2. The average molecular weight is 661 g/mol. The fourth-order valence-corrected chi connectivity index (χ4v) is 7.63. The zero-order valence-electron chi connectivity index (χ0n) is 24.2. The van der Waals surface area contributed by atoms with Gasteiger partial charge >= 0.3 is 12.3 Å². The number of anilines is 1. The number of carboxylic acid groups (broad SMARTS) is 1. The number of fused-ring (bicyclic) bond motifs is 3. The van der Waals surface area contributed by atoms with Crippen molar-refractivity contribution in [3.8, 4) is 17.0 Å². The van der Waals surface area contributed by atoms with E-state index in [0.717, 1.165) is 31.7 Å². The lowest BCUT2D eigenvalue weighted by atomic mass is 10.00. The number of alkyl halides is 3. The van der Waals surface area contributed by atoms with Crippen molar-refractivity contribution in [3.63, 3.8) is 0 Å². The molecular formula is C31H28F4N4O6S. The molecule has 1 saturated carbocycles. The van der Waals surface area contributed by atoms with Gasteiger partial charge in [0.1, 0.15) is 29.3 Å². The van der Waals surface area contributed by atoms with Crippen molar-refractivity contribution in [1.29, 1.82) is 0 Å². The summed E-state index contributed by atoms with van der Waals surface area (Å²) in [7, 11) is 0. The predicted octanol–water partition coefficient (Wildman–Crippen LogP) is 6.40. The highest BCUT2D eigenvalue weighted by Gasteiger charge is 2.43. The minimum absolute atomic E-state index is 0.0165. The normalized spacial score (nSPS) is 21.1. The first-order chi connectivity index (χ1) is 22.0. The monoisotopic (exact) mass is 660 g/mol. The molecule has 1 amide bonds. The van der Waals surface area contributed by atoms with Gasteiger partial charge in [0.25, 0.3) is 5.91 Å². The molecule has 0 spiro atoms. The maximum Gasteiger partial charge on any atom is 0.573 e. The largest absolute Gasteiger partial charge is 0.573 e. The van der Waals surface area contributed by atoms with E-state index in [0.29, 0.717) is 34.0 Å². The van der Waals surface area contributed by atoms with E-state index in [1.54, 1.807) is 6.07 Å². The summed E-state index contributed by atoms with van der Waals surface area (Å²) < 4.78 is 71.2. The molecule has 2 aromatic heterocycles. The molecule has 2 bridgehead atoms. The molecule has 2 atom stereocenters. The maximum absolute atomic E-state index is 15.0. The molecule has 242 valence electrons. The second-order valence-corrected chi connectivity index (χ2v) is 12.8. The molecule has 0 radical (unpaired) electrons. The molecule has 3 fully saturated rings. The summed E-state index contributed by atoms with van der Waals surface area (Å²) in [5, 5.41) is 15.9. The first-order valence-electron chi connectivity index (χ1n) is 14.9. The van der Waals surface area contributed by atoms with Crippen LogP contribution in [0.4, 0.5) is 22.7 Å². The zero-order chi connectivity index (χ0) is 32.2. The number of para-hydroxylation sites is 1. The van der Waals surface area contributed by atoms with Crippen LogP contribution in [0.3, 0.4) is 0 Å². The Bertz CT molecular complexity index is 1790. The van der Waals surface area contributed by atoms with Gasteiger partial charge in [-0.2, -0.15) is 0 Å². The maximum atomic E-state index is 15.0. The number of hydrogen-bond donors (Lipinski definition) is 2. The van der Waals surface area contributed by atoms with Gasteiger partial charge in [0.15, 0.2) is 10.9 Å². The third kappa shape index (κ3) is 6.12. The molecule has 2 unspecified atom stereocenters. The van der Waals surface area contributed by atoms with Gasteiger partial charge in [0.2, 0.25) is 0 Å². The molecule has 2 aliphatic heterocycles. The molecule has 3 aliphatic rings. The highest BCUT2D eigenvalue weighted by atomic mass is 32.1. The summed E-state index contributed by atoms with van der Waals surface area (Å²) in [6, 6.07) is 8.57. The molecule has 46 heavy (non-hydrogen) atoms. The standard InChI is InChI=1S/C31H28F4N4O6S/c32-22-9-16(29(42)36-13-25(40)41)10-24-27(22)37-30(46-24)39-17-7-8-18(39)12-19(11-17)43-14-21-26(38-45-28(21)15-5-6-15)20-3-1-2-4-23(20)44-31(33,34)35/h1-4,9-10,15,17-19H,5-8,11-14H2,(H,36,42)(H,40,41). The Hall–Kier alpha value is -4.24. The van der Waals surface area contributed by atoms with Crippen LogP contribution in [0.5, 0.6) is 5.75 Å². The third-order valence-corrected chi connectivity index (χ3v) is 9.62. The number of halogens is 4. The first-order valence-corrected chi connectivity index (χ1v) is 15.7. The van der Waals surface area contributed by atoms with Crippen molar-refractivity contribution < 1.29 is 46.3 Å². The molecule has 2 saturated heterocycles. The van der Waals surface area contributed by atoms with Crippen molar-refractivity contribution in [3.05, 3.63) is 59.1 Å². The average Bonchev–Trinajstić information content (AvgIpc) is 3.51. The summed E-state index contributed by atoms with van der Waals surface area (Å²) in [6.07, 6.45) is -0.0720. The van der Waals surface area contributed by atoms with Crippen LogP contribution in [0.15, 0.2) is 40.9 Å². The molecule has 10 nitrogen and oxygen atoms in total. The summed E-state index contributed by atoms with van der Waals surface area (Å²) in [5.74, 6) is -2.14. The van der Waals surface area contributed by atoms with Gasteiger partial charge in [-0.3, -0.25) is 9.59 Å². The van der Waals surface area contributed by atoms with E-state index < -0.39 is 30.6 Å². The van der Waals surface area contributed by atoms with Crippen LogP contribution in [0.25, 0.3) is 21.5 Å². The van der Waals surface area contributed by atoms with Crippen LogP contribution in [-0.4, -0.2) is 58.2 Å². The second kappa shape index (κ2) is 11.8. The fourth-order valence-electron chi connectivity index (χ4n) is 6.47. The molecule has 15 heteroatoms. The Morgan fingerprint density at radius 3 is 2.54 bits per heavy atom. The third-order valence-electron chi connectivity index (χ3n) is 8.61. The lowest BCUT2D eigenvalue weighted by Crippen LogP contribution is -2.45. The van der Waals surface area contributed by atoms with Crippen molar-refractivity contribution in [1.82, 2.24) is 15.5 Å². The lowest BCUT2D eigenvalue weighted by molar-refractivity contribution is -0.274. The number of ether oxygens (including phenoxy) is 2. The van der Waals surface area contributed by atoms with Crippen molar-refractivity contribution in [2.75, 3.05) is 11.4 Å². The van der Waals surface area contributed by atoms with E-state index in [1.165, 1.54) is 35.6 Å². The number of nitrogens with zero attached hydrogens (tertiary/aromatic N) is 3. The Morgan fingerprint density at radius 2 is 1.85 bits per heavy atom. The predicted molar refractivity (Wildman–Crippen MR) is 157 cm³/mol. The second-order valence-electron chi connectivity index (χ2n) is 11.8. The van der Waals surface area contributed by atoms with Crippen LogP contribution >= 0.6 is 11.3 Å². The number of hydrogen-bond acceptors (Lipinski definition) is 9. The quantitative estimate of drug-likeness (QED) is 0.186. The van der Waals surface area contributed by atoms with Gasteiger partial charge in [-0.25, -0.2) is 9.37 Å². The van der Waals surface area contributed by atoms with E-state index in [1.807, 2.05) is 0 Å². The summed E-state index contributed by atoms with van der Waals surface area (Å²) in [4.78, 5) is 29.9. The van der Waals surface area contributed by atoms with Crippen molar-refractivity contribution in [2.45, 2.75) is 75.6 Å². The van der Waals surface area contributed by atoms with Gasteiger partial charge < -0.3 is 29.3 Å². The lowest BCUT2D eigenvalue weighted by Gasteiger charge is -2.38. The van der Waals surface area contributed by atoms with E-state index in [4.69, 9.17) is 14.4 Å². The Kier molecular flexibility index (Phi) is 7.83. The molecule has 2 N–H and O–H groups in total.